The number of carbonyl (C=O) groups excluding carboxylic acids is 2. The molecule has 2 nitrogen and oxygen atoms in total. The number of halogens is 2. The maximum atomic E-state index is 12.9. The standard InChI is InChI=1S/C23H18Cl2O2/c24-20(22(26)17-12-6-2-7-13-17)19(16-10-4-1-5-11-16)21(25)23(27)18-14-8-3-9-15-18/h1-15,19-21H/t20-,21-/m1/s1. The molecule has 0 aliphatic carbocycles. The van der Waals surface area contributed by atoms with Gasteiger partial charge in [0.1, 0.15) is 10.8 Å². The van der Waals surface area contributed by atoms with Gasteiger partial charge in [-0.2, -0.15) is 0 Å². The van der Waals surface area contributed by atoms with Crippen molar-refractivity contribution in [3.8, 4) is 0 Å². The molecule has 0 bridgehead atoms. The molecule has 27 heavy (non-hydrogen) atoms. The first kappa shape index (κ1) is 19.3. The van der Waals surface area contributed by atoms with Crippen molar-refractivity contribution in [3.05, 3.63) is 108 Å². The first-order chi connectivity index (χ1) is 13.1. The molecule has 0 radical (unpaired) electrons. The molecule has 0 aromatic heterocycles. The van der Waals surface area contributed by atoms with Crippen LogP contribution in [0.4, 0.5) is 0 Å². The van der Waals surface area contributed by atoms with Gasteiger partial charge in [0, 0.05) is 17.0 Å². The van der Waals surface area contributed by atoms with Crippen LogP contribution in [0.15, 0.2) is 91.0 Å². The average molecular weight is 397 g/mol. The van der Waals surface area contributed by atoms with Gasteiger partial charge in [-0.3, -0.25) is 9.59 Å². The Balaban J connectivity index is 1.96. The van der Waals surface area contributed by atoms with Gasteiger partial charge in [-0.1, -0.05) is 91.0 Å². The summed E-state index contributed by atoms with van der Waals surface area (Å²) in [5.41, 5.74) is 1.75. The van der Waals surface area contributed by atoms with Crippen molar-refractivity contribution in [2.24, 2.45) is 0 Å². The summed E-state index contributed by atoms with van der Waals surface area (Å²) in [6.07, 6.45) is 0. The highest BCUT2D eigenvalue weighted by Crippen LogP contribution is 2.34. The summed E-state index contributed by atoms with van der Waals surface area (Å²) in [5.74, 6) is -1.16. The van der Waals surface area contributed by atoms with Crippen LogP contribution in [0.5, 0.6) is 0 Å². The van der Waals surface area contributed by atoms with E-state index in [1.807, 2.05) is 42.5 Å². The third kappa shape index (κ3) is 4.47. The van der Waals surface area contributed by atoms with Gasteiger partial charge in [0.15, 0.2) is 11.6 Å². The van der Waals surface area contributed by atoms with Gasteiger partial charge in [0.05, 0.1) is 0 Å². The molecular weight excluding hydrogens is 379 g/mol. The number of benzene rings is 3. The zero-order valence-corrected chi connectivity index (χ0v) is 16.0. The fourth-order valence-corrected chi connectivity index (χ4v) is 3.92. The Morgan fingerprint density at radius 1 is 0.556 bits per heavy atom. The molecule has 0 aliphatic heterocycles. The van der Waals surface area contributed by atoms with Crippen molar-refractivity contribution in [2.45, 2.75) is 16.7 Å². The summed E-state index contributed by atoms with van der Waals surface area (Å²) < 4.78 is 0. The Morgan fingerprint density at radius 3 is 1.26 bits per heavy atom. The second-order valence-electron chi connectivity index (χ2n) is 6.20. The number of alkyl halides is 2. The molecule has 0 unspecified atom stereocenters. The maximum Gasteiger partial charge on any atom is 0.181 e. The van der Waals surface area contributed by atoms with Crippen molar-refractivity contribution >= 4 is 34.8 Å². The van der Waals surface area contributed by atoms with Crippen molar-refractivity contribution in [1.29, 1.82) is 0 Å². The molecule has 0 heterocycles. The fourth-order valence-electron chi connectivity index (χ4n) is 3.01. The van der Waals surface area contributed by atoms with Crippen LogP contribution in [0.3, 0.4) is 0 Å². The Bertz CT molecular complexity index is 838. The van der Waals surface area contributed by atoms with E-state index in [0.29, 0.717) is 11.1 Å². The minimum Gasteiger partial charge on any atom is -0.292 e. The van der Waals surface area contributed by atoms with Gasteiger partial charge >= 0.3 is 0 Å². The number of carbonyl (C=O) groups is 2. The highest BCUT2D eigenvalue weighted by molar-refractivity contribution is 6.39. The zero-order chi connectivity index (χ0) is 19.2. The molecule has 3 aromatic carbocycles. The smallest absolute Gasteiger partial charge is 0.181 e. The van der Waals surface area contributed by atoms with E-state index >= 15 is 0 Å². The number of rotatable bonds is 7. The quantitative estimate of drug-likeness (QED) is 0.376. The van der Waals surface area contributed by atoms with Crippen molar-refractivity contribution < 1.29 is 9.59 Å². The predicted octanol–water partition coefficient (Wildman–Crippen LogP) is 5.75. The van der Waals surface area contributed by atoms with E-state index in [-0.39, 0.29) is 11.6 Å². The largest absolute Gasteiger partial charge is 0.292 e. The average Bonchev–Trinajstić information content (AvgIpc) is 2.74. The number of ketones is 2. The van der Waals surface area contributed by atoms with Gasteiger partial charge < -0.3 is 0 Å². The number of Topliss-reactive ketones (excluding diaryl/α,β-unsaturated/α-hetero) is 2. The van der Waals surface area contributed by atoms with E-state index in [4.69, 9.17) is 23.2 Å². The van der Waals surface area contributed by atoms with Crippen LogP contribution in [0.1, 0.15) is 32.2 Å². The molecule has 3 rings (SSSR count). The molecule has 0 saturated heterocycles. The molecule has 0 aliphatic rings. The van der Waals surface area contributed by atoms with Crippen LogP contribution < -0.4 is 0 Å². The molecule has 0 fully saturated rings. The van der Waals surface area contributed by atoms with E-state index in [9.17, 15) is 9.59 Å². The Morgan fingerprint density at radius 2 is 0.889 bits per heavy atom. The Hall–Kier alpha value is -2.42. The highest BCUT2D eigenvalue weighted by Gasteiger charge is 2.37. The molecule has 2 atom stereocenters. The third-order valence-electron chi connectivity index (χ3n) is 4.43. The fraction of sp³-hybridized carbons (Fsp3) is 0.130. The highest BCUT2D eigenvalue weighted by atomic mass is 35.5. The molecule has 4 heteroatoms. The monoisotopic (exact) mass is 396 g/mol. The number of hydrogen-bond acceptors (Lipinski definition) is 2. The minimum atomic E-state index is -0.968. The van der Waals surface area contributed by atoms with E-state index in [1.54, 1.807) is 48.5 Å². The topological polar surface area (TPSA) is 34.1 Å². The van der Waals surface area contributed by atoms with Gasteiger partial charge in [-0.15, -0.1) is 23.2 Å². The maximum absolute atomic E-state index is 12.9. The lowest BCUT2D eigenvalue weighted by Gasteiger charge is -2.26. The molecule has 136 valence electrons. The summed E-state index contributed by atoms with van der Waals surface area (Å²) in [6, 6.07) is 26.9. The second kappa shape index (κ2) is 8.98. The Labute approximate surface area is 168 Å². The second-order valence-corrected chi connectivity index (χ2v) is 7.14. The lowest BCUT2D eigenvalue weighted by molar-refractivity contribution is 0.0951. The van der Waals surface area contributed by atoms with Crippen LogP contribution in [0, 0.1) is 0 Å². The van der Waals surface area contributed by atoms with Crippen LogP contribution in [-0.4, -0.2) is 22.3 Å². The normalized spacial score (nSPS) is 13.1. The van der Waals surface area contributed by atoms with Crippen LogP contribution in [0.25, 0.3) is 0 Å². The summed E-state index contributed by atoms with van der Waals surface area (Å²) in [7, 11) is 0. The van der Waals surface area contributed by atoms with Crippen LogP contribution in [0.2, 0.25) is 0 Å². The SMILES string of the molecule is O=C(c1ccccc1)[C@H](Cl)C(c1ccccc1)[C@@H](Cl)C(=O)c1ccccc1. The lowest BCUT2D eigenvalue weighted by Crippen LogP contribution is -2.34. The van der Waals surface area contributed by atoms with Crippen molar-refractivity contribution in [1.82, 2.24) is 0 Å². The lowest BCUT2D eigenvalue weighted by atomic mass is 9.85. The van der Waals surface area contributed by atoms with E-state index in [0.717, 1.165) is 5.56 Å². The van der Waals surface area contributed by atoms with E-state index in [1.165, 1.54) is 0 Å². The minimum absolute atomic E-state index is 0.252. The van der Waals surface area contributed by atoms with Crippen LogP contribution >= 0.6 is 23.2 Å². The molecule has 0 N–H and O–H groups in total. The Kier molecular flexibility index (Phi) is 6.44. The van der Waals surface area contributed by atoms with Crippen LogP contribution in [-0.2, 0) is 0 Å². The van der Waals surface area contributed by atoms with E-state index in [2.05, 4.69) is 0 Å². The number of hydrogen-bond donors (Lipinski definition) is 0. The van der Waals surface area contributed by atoms with E-state index < -0.39 is 16.7 Å². The van der Waals surface area contributed by atoms with Crippen molar-refractivity contribution in [3.63, 3.8) is 0 Å². The molecular formula is C23H18Cl2O2. The summed E-state index contributed by atoms with van der Waals surface area (Å²) in [4.78, 5) is 25.8. The summed E-state index contributed by atoms with van der Waals surface area (Å²) in [5, 5.41) is -1.94. The first-order valence-corrected chi connectivity index (χ1v) is 9.48. The molecule has 0 spiro atoms. The first-order valence-electron chi connectivity index (χ1n) is 8.61. The summed E-state index contributed by atoms with van der Waals surface area (Å²) >= 11 is 13.2. The zero-order valence-electron chi connectivity index (χ0n) is 14.5. The molecule has 0 amide bonds. The van der Waals surface area contributed by atoms with Gasteiger partial charge in [-0.25, -0.2) is 0 Å². The summed E-state index contributed by atoms with van der Waals surface area (Å²) in [6.45, 7) is 0. The van der Waals surface area contributed by atoms with Gasteiger partial charge in [0.25, 0.3) is 0 Å². The predicted molar refractivity (Wildman–Crippen MR) is 110 cm³/mol. The molecule has 0 saturated carbocycles. The molecule has 3 aromatic rings. The van der Waals surface area contributed by atoms with Gasteiger partial charge in [0.2, 0.25) is 0 Å². The van der Waals surface area contributed by atoms with Gasteiger partial charge in [-0.05, 0) is 5.56 Å². The van der Waals surface area contributed by atoms with Crippen molar-refractivity contribution in [2.75, 3.05) is 0 Å². The third-order valence-corrected chi connectivity index (χ3v) is 5.37.